The van der Waals surface area contributed by atoms with E-state index in [2.05, 4.69) is 14.7 Å². The second-order valence-electron chi connectivity index (χ2n) is 6.83. The van der Waals surface area contributed by atoms with Crippen LogP contribution in [0.5, 0.6) is 0 Å². The largest absolute Gasteiger partial charge is 0.469 e. The Labute approximate surface area is 154 Å². The first-order valence-electron chi connectivity index (χ1n) is 7.82. The molecule has 2 heterocycles. The van der Waals surface area contributed by atoms with Gasteiger partial charge >= 0.3 is 18.3 Å². The molecule has 2 aliphatic rings. The first-order chi connectivity index (χ1) is 12.3. The molecule has 0 radical (unpaired) electrons. The molecule has 27 heavy (non-hydrogen) atoms. The second kappa shape index (κ2) is 6.11. The fraction of sp³-hybridized carbons (Fsp3) is 0.667. The molecule has 1 aromatic rings. The van der Waals surface area contributed by atoms with Crippen LogP contribution in [0.4, 0.5) is 32.2 Å². The van der Waals surface area contributed by atoms with Crippen molar-refractivity contribution in [1.82, 2.24) is 9.97 Å². The fourth-order valence-electron chi connectivity index (χ4n) is 4.18. The molecule has 0 aromatic carbocycles. The van der Waals surface area contributed by atoms with Gasteiger partial charge in [0.1, 0.15) is 11.9 Å². The van der Waals surface area contributed by atoms with Crippen molar-refractivity contribution in [1.29, 1.82) is 0 Å². The monoisotopic (exact) mass is 417 g/mol. The van der Waals surface area contributed by atoms with E-state index in [0.717, 1.165) is 12.0 Å². The van der Waals surface area contributed by atoms with E-state index in [1.54, 1.807) is 0 Å². The van der Waals surface area contributed by atoms with Crippen molar-refractivity contribution >= 4 is 23.4 Å². The number of hydrogen-bond donors (Lipinski definition) is 0. The van der Waals surface area contributed by atoms with Crippen LogP contribution in [0.3, 0.4) is 0 Å². The number of fused-ring (bicyclic) bond motifs is 1. The second-order valence-corrected chi connectivity index (χ2v) is 7.17. The minimum Gasteiger partial charge on any atom is -0.469 e. The van der Waals surface area contributed by atoms with Crippen LogP contribution in [0.15, 0.2) is 6.07 Å². The number of esters is 1. The van der Waals surface area contributed by atoms with Crippen LogP contribution < -0.4 is 4.90 Å². The van der Waals surface area contributed by atoms with Crippen molar-refractivity contribution in [2.75, 3.05) is 18.6 Å². The maximum Gasteiger partial charge on any atom is 0.433 e. The molecule has 150 valence electrons. The first kappa shape index (κ1) is 20.0. The quantitative estimate of drug-likeness (QED) is 0.426. The first-order valence-corrected chi connectivity index (χ1v) is 8.20. The van der Waals surface area contributed by atoms with E-state index in [0.29, 0.717) is 6.07 Å². The molecule has 12 heteroatoms. The van der Waals surface area contributed by atoms with Crippen LogP contribution >= 0.6 is 11.6 Å². The summed E-state index contributed by atoms with van der Waals surface area (Å²) in [4.78, 5) is 18.8. The molecule has 1 aliphatic heterocycles. The topological polar surface area (TPSA) is 55.3 Å². The van der Waals surface area contributed by atoms with Gasteiger partial charge in [-0.05, 0) is 23.4 Å². The summed E-state index contributed by atoms with van der Waals surface area (Å²) in [6.45, 7) is 1.17. The van der Waals surface area contributed by atoms with Crippen molar-refractivity contribution in [3.05, 3.63) is 17.0 Å². The van der Waals surface area contributed by atoms with E-state index in [9.17, 15) is 31.1 Å². The minimum atomic E-state index is -4.88. The van der Waals surface area contributed by atoms with Crippen LogP contribution in [0.1, 0.15) is 19.0 Å². The zero-order chi connectivity index (χ0) is 20.4. The lowest BCUT2D eigenvalue weighted by Gasteiger charge is -2.34. The number of piperidine rings is 1. The predicted molar refractivity (Wildman–Crippen MR) is 81.0 cm³/mol. The van der Waals surface area contributed by atoms with Gasteiger partial charge in [-0.15, -0.1) is 0 Å². The SMILES string of the molecule is COC(=O)CC1C2CN(c3cc(C(F)(F)F)nc(Cl)n3)C(C(F)(F)F)C12C. The summed E-state index contributed by atoms with van der Waals surface area (Å²) in [5.41, 5.74) is -2.75. The Morgan fingerprint density at radius 1 is 1.33 bits per heavy atom. The number of methoxy groups -OCH3 is 1. The Morgan fingerprint density at radius 3 is 2.48 bits per heavy atom. The molecule has 2 fully saturated rings. The lowest BCUT2D eigenvalue weighted by Crippen LogP contribution is -2.49. The number of halogens is 7. The minimum absolute atomic E-state index is 0.184. The third-order valence-corrected chi connectivity index (χ3v) is 5.63. The van der Waals surface area contributed by atoms with Gasteiger partial charge in [0.05, 0.1) is 7.11 Å². The molecule has 4 unspecified atom stereocenters. The van der Waals surface area contributed by atoms with Crippen LogP contribution in [-0.4, -0.2) is 41.8 Å². The zero-order valence-electron chi connectivity index (χ0n) is 14.0. The van der Waals surface area contributed by atoms with Gasteiger partial charge in [0, 0.05) is 24.4 Å². The average molecular weight is 418 g/mol. The fourth-order valence-corrected chi connectivity index (χ4v) is 4.36. The number of nitrogens with zero attached hydrogens (tertiary/aromatic N) is 3. The zero-order valence-corrected chi connectivity index (χ0v) is 14.8. The average Bonchev–Trinajstić information content (AvgIpc) is 2.91. The molecular formula is C15H14ClF6N3O2. The highest BCUT2D eigenvalue weighted by molar-refractivity contribution is 6.28. The van der Waals surface area contributed by atoms with E-state index in [1.165, 1.54) is 6.92 Å². The van der Waals surface area contributed by atoms with Gasteiger partial charge in [-0.3, -0.25) is 4.79 Å². The number of carbonyl (C=O) groups is 1. The van der Waals surface area contributed by atoms with Gasteiger partial charge in [-0.2, -0.15) is 26.3 Å². The molecule has 1 aliphatic carbocycles. The van der Waals surface area contributed by atoms with E-state index >= 15 is 0 Å². The number of carbonyl (C=O) groups excluding carboxylic acids is 1. The third-order valence-electron chi connectivity index (χ3n) is 5.46. The number of rotatable bonds is 3. The molecular weight excluding hydrogens is 404 g/mol. The van der Waals surface area contributed by atoms with E-state index in [4.69, 9.17) is 11.6 Å². The van der Waals surface area contributed by atoms with Crippen LogP contribution in [0, 0.1) is 17.3 Å². The molecule has 0 spiro atoms. The summed E-state index contributed by atoms with van der Waals surface area (Å²) in [6, 6.07) is -1.65. The lowest BCUT2D eigenvalue weighted by atomic mass is 9.94. The molecule has 4 atom stereocenters. The normalized spacial score (nSPS) is 30.3. The van der Waals surface area contributed by atoms with Gasteiger partial charge < -0.3 is 9.64 Å². The number of anilines is 1. The van der Waals surface area contributed by atoms with Crippen molar-refractivity contribution < 1.29 is 35.9 Å². The smallest absolute Gasteiger partial charge is 0.433 e. The van der Waals surface area contributed by atoms with Crippen molar-refractivity contribution in [2.24, 2.45) is 17.3 Å². The van der Waals surface area contributed by atoms with E-state index < -0.39 is 58.4 Å². The maximum absolute atomic E-state index is 13.8. The van der Waals surface area contributed by atoms with Gasteiger partial charge in [0.15, 0.2) is 5.69 Å². The van der Waals surface area contributed by atoms with Crippen LogP contribution in [-0.2, 0) is 15.7 Å². The molecule has 0 N–H and O–H groups in total. The summed E-state index contributed by atoms with van der Waals surface area (Å²) in [5.74, 6) is -2.29. The molecule has 1 saturated carbocycles. The summed E-state index contributed by atoms with van der Waals surface area (Å²) in [7, 11) is 1.14. The summed E-state index contributed by atoms with van der Waals surface area (Å²) in [5, 5.41) is -0.794. The predicted octanol–water partition coefficient (Wildman–Crippen LogP) is 3.72. The molecule has 1 saturated heterocycles. The van der Waals surface area contributed by atoms with Gasteiger partial charge in [0.25, 0.3) is 0 Å². The number of hydrogen-bond acceptors (Lipinski definition) is 5. The Morgan fingerprint density at radius 2 is 1.96 bits per heavy atom. The van der Waals surface area contributed by atoms with Gasteiger partial charge in [-0.1, -0.05) is 6.92 Å². The molecule has 0 amide bonds. The number of alkyl halides is 6. The summed E-state index contributed by atoms with van der Waals surface area (Å²) < 4.78 is 84.7. The van der Waals surface area contributed by atoms with Crippen LogP contribution in [0.25, 0.3) is 0 Å². The van der Waals surface area contributed by atoms with E-state index in [1.807, 2.05) is 0 Å². The Bertz CT molecular complexity index is 771. The lowest BCUT2D eigenvalue weighted by molar-refractivity contribution is -0.161. The Balaban J connectivity index is 1.97. The van der Waals surface area contributed by atoms with E-state index in [-0.39, 0.29) is 13.0 Å². The standard InChI is InChI=1S/C15H14ClF6N3O2/c1-13-6(3-10(26)27-2)7(13)5-25(11(13)15(20,21)22)9-4-8(14(17,18)19)23-12(16)24-9/h4,6-7,11H,3,5H2,1-2H3. The highest BCUT2D eigenvalue weighted by atomic mass is 35.5. The maximum atomic E-state index is 13.8. The Hall–Kier alpha value is -1.78. The molecule has 5 nitrogen and oxygen atoms in total. The van der Waals surface area contributed by atoms with Gasteiger partial charge in [-0.25, -0.2) is 9.97 Å². The van der Waals surface area contributed by atoms with Crippen LogP contribution in [0.2, 0.25) is 5.28 Å². The highest BCUT2D eigenvalue weighted by Gasteiger charge is 2.77. The van der Waals surface area contributed by atoms with Gasteiger partial charge in [0.2, 0.25) is 5.28 Å². The van der Waals surface area contributed by atoms with Crippen molar-refractivity contribution in [3.63, 3.8) is 0 Å². The Kier molecular flexibility index (Phi) is 4.52. The van der Waals surface area contributed by atoms with Crippen molar-refractivity contribution in [2.45, 2.75) is 31.7 Å². The highest BCUT2D eigenvalue weighted by Crippen LogP contribution is 2.70. The molecule has 1 aromatic heterocycles. The summed E-state index contributed by atoms with van der Waals surface area (Å²) >= 11 is 5.50. The molecule has 0 bridgehead atoms. The molecule has 3 rings (SSSR count). The summed E-state index contributed by atoms with van der Waals surface area (Å²) in [6.07, 6.45) is -9.81. The number of aromatic nitrogens is 2. The third kappa shape index (κ3) is 3.30. The van der Waals surface area contributed by atoms with Crippen molar-refractivity contribution in [3.8, 4) is 0 Å². The number of ether oxygens (including phenoxy) is 1.